The fourth-order valence-electron chi connectivity index (χ4n) is 7.69. The minimum absolute atomic E-state index is 0.182. The van der Waals surface area contributed by atoms with Crippen LogP contribution in [0.25, 0.3) is 0 Å². The first-order chi connectivity index (χ1) is 21.5. The number of anilines is 1. The average molecular weight is 657 g/mol. The second-order valence-electron chi connectivity index (χ2n) is 12.6. The number of carbonyl (C=O) groups is 3. The van der Waals surface area contributed by atoms with Crippen LogP contribution in [0.2, 0.25) is 0 Å². The normalized spacial score (nSPS) is 23.0. The molecule has 0 radical (unpaired) electrons. The second-order valence-corrected chi connectivity index (χ2v) is 13.8. The highest BCUT2D eigenvalue weighted by atomic mass is 79.9. The van der Waals surface area contributed by atoms with Crippen LogP contribution < -0.4 is 4.90 Å². The van der Waals surface area contributed by atoms with E-state index >= 15 is 0 Å². The van der Waals surface area contributed by atoms with Crippen LogP contribution in [-0.4, -0.2) is 24.4 Å². The fraction of sp³-hybridized carbons (Fsp3) is 0.447. The van der Waals surface area contributed by atoms with Crippen LogP contribution in [0.3, 0.4) is 0 Å². The van der Waals surface area contributed by atoms with Gasteiger partial charge in [-0.25, -0.2) is 9.69 Å². The zero-order valence-corrected chi connectivity index (χ0v) is 27.2. The van der Waals surface area contributed by atoms with E-state index in [9.17, 15) is 14.4 Å². The van der Waals surface area contributed by atoms with E-state index in [1.54, 1.807) is 24.3 Å². The molecule has 0 aromatic heterocycles. The number of hydrogen-bond donors (Lipinski definition) is 0. The molecule has 2 bridgehead atoms. The molecule has 0 unspecified atom stereocenters. The molecule has 1 heterocycles. The molecule has 1 saturated heterocycles. The van der Waals surface area contributed by atoms with Crippen LogP contribution >= 0.6 is 15.9 Å². The van der Waals surface area contributed by atoms with E-state index in [0.717, 1.165) is 35.1 Å². The Kier molecular flexibility index (Phi) is 9.37. The van der Waals surface area contributed by atoms with Crippen LogP contribution in [-0.2, 0) is 18.7 Å². The molecule has 2 amide bonds. The first-order valence-corrected chi connectivity index (χ1v) is 17.3. The molecule has 2 atom stereocenters. The molecule has 4 aliphatic rings. The zero-order valence-electron chi connectivity index (χ0n) is 25.6. The largest absolute Gasteiger partial charge is 0.462 e. The van der Waals surface area contributed by atoms with Crippen molar-refractivity contribution in [3.8, 4) is 0 Å². The van der Waals surface area contributed by atoms with Crippen molar-refractivity contribution in [3.05, 3.63) is 101 Å². The SMILES string of the molecule is CCCCCCCCCCCCCOC(=O)c1ccc(N2C(=O)[C@@H]3C4c5ccccc5C(Br)(c5ccccc54)[C@H]3C2=O)cc1. The number of esters is 1. The van der Waals surface area contributed by atoms with Crippen molar-refractivity contribution in [2.45, 2.75) is 87.8 Å². The molecule has 0 saturated carbocycles. The summed E-state index contributed by atoms with van der Waals surface area (Å²) in [6.45, 7) is 2.65. The molecule has 1 aliphatic heterocycles. The lowest BCUT2D eigenvalue weighted by Crippen LogP contribution is -2.50. The summed E-state index contributed by atoms with van der Waals surface area (Å²) in [6, 6.07) is 23.0. The van der Waals surface area contributed by atoms with Gasteiger partial charge in [0.2, 0.25) is 11.8 Å². The summed E-state index contributed by atoms with van der Waals surface area (Å²) in [5.74, 6) is -2.01. The molecule has 5 nitrogen and oxygen atoms in total. The minimum Gasteiger partial charge on any atom is -0.462 e. The Morgan fingerprint density at radius 1 is 0.727 bits per heavy atom. The zero-order chi connectivity index (χ0) is 30.7. The maximum atomic E-state index is 14.1. The highest BCUT2D eigenvalue weighted by molar-refractivity contribution is 9.09. The molecule has 3 aromatic rings. The Balaban J connectivity index is 1.06. The van der Waals surface area contributed by atoms with Crippen molar-refractivity contribution in [1.82, 2.24) is 0 Å². The molecule has 0 N–H and O–H groups in total. The third-order valence-electron chi connectivity index (χ3n) is 9.86. The summed E-state index contributed by atoms with van der Waals surface area (Å²) < 4.78 is 4.75. The van der Waals surface area contributed by atoms with Crippen molar-refractivity contribution in [1.29, 1.82) is 0 Å². The van der Waals surface area contributed by atoms with Crippen LogP contribution in [0.4, 0.5) is 5.69 Å². The highest BCUT2D eigenvalue weighted by Crippen LogP contribution is 2.66. The number of nitrogens with zero attached hydrogens (tertiary/aromatic N) is 1. The van der Waals surface area contributed by atoms with Crippen LogP contribution in [0, 0.1) is 11.8 Å². The topological polar surface area (TPSA) is 63.7 Å². The quantitative estimate of drug-likeness (QED) is 0.0752. The van der Waals surface area contributed by atoms with Crippen molar-refractivity contribution < 1.29 is 19.1 Å². The summed E-state index contributed by atoms with van der Waals surface area (Å²) in [6.07, 6.45) is 13.7. The minimum atomic E-state index is -0.779. The van der Waals surface area contributed by atoms with Crippen molar-refractivity contribution in [2.75, 3.05) is 11.5 Å². The predicted molar refractivity (Wildman–Crippen MR) is 177 cm³/mol. The smallest absolute Gasteiger partial charge is 0.338 e. The summed E-state index contributed by atoms with van der Waals surface area (Å²) in [5, 5.41) is 0. The Hall–Kier alpha value is -3.25. The molecule has 230 valence electrons. The van der Waals surface area contributed by atoms with Crippen LogP contribution in [0.5, 0.6) is 0 Å². The molecule has 3 aliphatic carbocycles. The highest BCUT2D eigenvalue weighted by Gasteiger charge is 2.67. The Morgan fingerprint density at radius 3 is 1.82 bits per heavy atom. The van der Waals surface area contributed by atoms with E-state index in [4.69, 9.17) is 4.74 Å². The van der Waals surface area contributed by atoms with E-state index < -0.39 is 16.2 Å². The number of hydrogen-bond acceptors (Lipinski definition) is 4. The second kappa shape index (κ2) is 13.4. The Labute approximate surface area is 269 Å². The lowest BCUT2D eigenvalue weighted by atomic mass is 9.55. The van der Waals surface area contributed by atoms with Gasteiger partial charge in [0, 0.05) is 5.92 Å². The number of alkyl halides is 1. The summed E-state index contributed by atoms with van der Waals surface area (Å²) >= 11 is 4.04. The van der Waals surface area contributed by atoms with Gasteiger partial charge in [0.15, 0.2) is 0 Å². The summed E-state index contributed by atoms with van der Waals surface area (Å²) in [4.78, 5) is 42.2. The lowest BCUT2D eigenvalue weighted by Gasteiger charge is -2.51. The maximum Gasteiger partial charge on any atom is 0.338 e. The Bertz CT molecular complexity index is 1470. The average Bonchev–Trinajstić information content (AvgIpc) is 3.32. The van der Waals surface area contributed by atoms with Crippen LogP contribution in [0.15, 0.2) is 72.8 Å². The fourth-order valence-corrected chi connectivity index (χ4v) is 8.90. The molecule has 1 fully saturated rings. The maximum absolute atomic E-state index is 14.1. The van der Waals surface area contributed by atoms with Gasteiger partial charge in [-0.2, -0.15) is 0 Å². The molecular formula is C38H42BrNO4. The molecule has 0 spiro atoms. The third-order valence-corrected chi connectivity index (χ3v) is 11.2. The standard InChI is InChI=1S/C38H42BrNO4/c1-2-3-4-5-6-7-8-9-10-11-16-25-44-37(43)26-21-23-27(24-22-26)40-35(41)33-32-28-17-12-14-19-30(28)38(39,34(33)36(40)42)31-20-15-13-18-29(31)32/h12-15,17-24,32-34H,2-11,16,25H2,1H3/t32?,33-,34-,38?/m1/s1. The number of benzene rings is 3. The number of ether oxygens (including phenoxy) is 1. The molecule has 7 rings (SSSR count). The first-order valence-electron chi connectivity index (χ1n) is 16.5. The van der Waals surface area contributed by atoms with Crippen molar-refractivity contribution >= 4 is 39.4 Å². The summed E-state index contributed by atoms with van der Waals surface area (Å²) in [7, 11) is 0. The molecule has 6 heteroatoms. The van der Waals surface area contributed by atoms with E-state index in [1.165, 1.54) is 62.7 Å². The van der Waals surface area contributed by atoms with Gasteiger partial charge < -0.3 is 4.74 Å². The van der Waals surface area contributed by atoms with Gasteiger partial charge in [-0.05, 0) is 52.9 Å². The van der Waals surface area contributed by atoms with Gasteiger partial charge in [0.1, 0.15) is 0 Å². The third kappa shape index (κ3) is 5.44. The number of rotatable bonds is 14. The van der Waals surface area contributed by atoms with Gasteiger partial charge in [0.25, 0.3) is 0 Å². The van der Waals surface area contributed by atoms with Crippen LogP contribution in [0.1, 0.15) is 116 Å². The van der Waals surface area contributed by atoms with E-state index in [2.05, 4.69) is 47.1 Å². The van der Waals surface area contributed by atoms with Crippen molar-refractivity contribution in [2.24, 2.45) is 11.8 Å². The Morgan fingerprint density at radius 2 is 1.25 bits per heavy atom. The molecule has 44 heavy (non-hydrogen) atoms. The van der Waals surface area contributed by atoms with Gasteiger partial charge in [-0.1, -0.05) is 136 Å². The number of halogens is 1. The van der Waals surface area contributed by atoms with Gasteiger partial charge in [-0.3, -0.25) is 9.59 Å². The number of unbranched alkanes of at least 4 members (excludes halogenated alkanes) is 10. The number of imide groups is 1. The van der Waals surface area contributed by atoms with Crippen molar-refractivity contribution in [3.63, 3.8) is 0 Å². The van der Waals surface area contributed by atoms with E-state index in [1.807, 2.05) is 24.3 Å². The van der Waals surface area contributed by atoms with Gasteiger partial charge in [-0.15, -0.1) is 0 Å². The lowest BCUT2D eigenvalue weighted by molar-refractivity contribution is -0.122. The van der Waals surface area contributed by atoms with E-state index in [0.29, 0.717) is 17.9 Å². The molecule has 3 aromatic carbocycles. The van der Waals surface area contributed by atoms with Gasteiger partial charge in [0.05, 0.1) is 34.0 Å². The predicted octanol–water partition coefficient (Wildman–Crippen LogP) is 9.06. The number of amides is 2. The van der Waals surface area contributed by atoms with E-state index in [-0.39, 0.29) is 23.7 Å². The van der Waals surface area contributed by atoms with Gasteiger partial charge >= 0.3 is 5.97 Å². The monoisotopic (exact) mass is 655 g/mol. The molecular weight excluding hydrogens is 614 g/mol. The first kappa shape index (κ1) is 30.8. The summed E-state index contributed by atoms with van der Waals surface area (Å²) in [5.41, 5.74) is 5.23. The number of carbonyl (C=O) groups excluding carboxylic acids is 3.